The van der Waals surface area contributed by atoms with Gasteiger partial charge in [0, 0.05) is 0 Å². The lowest BCUT2D eigenvalue weighted by atomic mass is 10.2. The molecule has 3 heterocycles. The lowest BCUT2D eigenvalue weighted by Gasteiger charge is -2.01. The molecule has 0 aliphatic rings. The lowest BCUT2D eigenvalue weighted by Crippen LogP contribution is -1.93. The molecule has 3 aromatic rings. The van der Waals surface area contributed by atoms with Crippen LogP contribution in [0, 0.1) is 11.3 Å². The van der Waals surface area contributed by atoms with Gasteiger partial charge in [-0.25, -0.2) is 9.97 Å². The number of thiophene rings is 2. The van der Waals surface area contributed by atoms with E-state index in [2.05, 4.69) is 41.8 Å². The summed E-state index contributed by atoms with van der Waals surface area (Å²) in [7, 11) is 0. The zero-order valence-electron chi connectivity index (χ0n) is 9.80. The Morgan fingerprint density at radius 3 is 1.75 bits per heavy atom. The third kappa shape index (κ3) is 2.83. The summed E-state index contributed by atoms with van der Waals surface area (Å²) in [4.78, 5) is 10.6. The molecule has 0 saturated heterocycles. The fraction of sp³-hybridized carbons (Fsp3) is 0. The molecule has 0 N–H and O–H groups in total. The van der Waals surface area contributed by atoms with Crippen LogP contribution in [0.3, 0.4) is 0 Å². The van der Waals surface area contributed by atoms with Crippen molar-refractivity contribution < 1.29 is 0 Å². The summed E-state index contributed by atoms with van der Waals surface area (Å²) in [5.74, 6) is 0.187. The second-order valence-electron chi connectivity index (χ2n) is 3.78. The number of nitrogens with zero attached hydrogens (tertiary/aromatic N) is 3. The molecule has 0 amide bonds. The molecule has 0 bridgehead atoms. The van der Waals surface area contributed by atoms with Crippen molar-refractivity contribution in [2.24, 2.45) is 0 Å². The van der Waals surface area contributed by atoms with E-state index in [1.807, 2.05) is 36.4 Å². The highest BCUT2D eigenvalue weighted by atomic mass is 79.9. The van der Waals surface area contributed by atoms with E-state index < -0.39 is 0 Å². The van der Waals surface area contributed by atoms with Crippen molar-refractivity contribution in [3.63, 3.8) is 0 Å². The van der Waals surface area contributed by atoms with Gasteiger partial charge in [-0.3, -0.25) is 0 Å². The summed E-state index contributed by atoms with van der Waals surface area (Å²) >= 11 is 10.0. The predicted octanol–water partition coefficient (Wildman–Crippen LogP) is 5.33. The number of rotatable bonds is 2. The van der Waals surface area contributed by atoms with E-state index in [4.69, 9.17) is 5.26 Å². The Hall–Kier alpha value is -1.07. The summed E-state index contributed by atoms with van der Waals surface area (Å²) < 4.78 is 2.06. The van der Waals surface area contributed by atoms with Crippen molar-refractivity contribution in [2.45, 2.75) is 0 Å². The molecule has 0 aromatic carbocycles. The standard InChI is InChI=1S/C13H5Br2N3S2/c14-11-3-1-9(19-11)7-5-8(18-13(6-16)17-7)10-2-4-12(15)20-10/h1-5H. The molecule has 0 saturated carbocycles. The van der Waals surface area contributed by atoms with Gasteiger partial charge in [0.05, 0.1) is 28.7 Å². The van der Waals surface area contributed by atoms with Crippen molar-refractivity contribution in [3.8, 4) is 27.2 Å². The maximum atomic E-state index is 9.10. The summed E-state index contributed by atoms with van der Waals surface area (Å²) in [6.45, 7) is 0. The molecule has 3 rings (SSSR count). The molecule has 7 heteroatoms. The van der Waals surface area contributed by atoms with Gasteiger partial charge in [0.2, 0.25) is 5.82 Å². The van der Waals surface area contributed by atoms with Crippen molar-refractivity contribution >= 4 is 54.5 Å². The summed E-state index contributed by atoms with van der Waals surface area (Å²) in [6, 6.07) is 11.8. The lowest BCUT2D eigenvalue weighted by molar-refractivity contribution is 1.13. The van der Waals surface area contributed by atoms with Gasteiger partial charge >= 0.3 is 0 Å². The number of hydrogen-bond acceptors (Lipinski definition) is 5. The minimum Gasteiger partial charge on any atom is -0.218 e. The molecule has 0 aliphatic heterocycles. The smallest absolute Gasteiger partial charge is 0.218 e. The minimum absolute atomic E-state index is 0.187. The molecule has 0 aliphatic carbocycles. The van der Waals surface area contributed by atoms with Gasteiger partial charge in [0.15, 0.2) is 0 Å². The number of aromatic nitrogens is 2. The molecule has 98 valence electrons. The highest BCUT2D eigenvalue weighted by Crippen LogP contribution is 2.34. The normalized spacial score (nSPS) is 10.4. The van der Waals surface area contributed by atoms with Crippen LogP contribution in [-0.4, -0.2) is 9.97 Å². The molecular formula is C13H5Br2N3S2. The number of nitriles is 1. The first-order chi connectivity index (χ1) is 9.65. The quantitative estimate of drug-likeness (QED) is 0.556. The van der Waals surface area contributed by atoms with Gasteiger partial charge in [-0.05, 0) is 62.2 Å². The second-order valence-corrected chi connectivity index (χ2v) is 8.71. The molecular weight excluding hydrogens is 422 g/mol. The Labute approximate surface area is 140 Å². The van der Waals surface area contributed by atoms with Crippen LogP contribution < -0.4 is 0 Å². The van der Waals surface area contributed by atoms with Gasteiger partial charge in [0.1, 0.15) is 6.07 Å². The van der Waals surface area contributed by atoms with Gasteiger partial charge < -0.3 is 0 Å². The zero-order valence-corrected chi connectivity index (χ0v) is 14.6. The first-order valence-electron chi connectivity index (χ1n) is 5.46. The van der Waals surface area contributed by atoms with E-state index in [-0.39, 0.29) is 5.82 Å². The molecule has 3 aromatic heterocycles. The third-order valence-electron chi connectivity index (χ3n) is 2.48. The Balaban J connectivity index is 2.15. The van der Waals surface area contributed by atoms with Crippen molar-refractivity contribution in [2.75, 3.05) is 0 Å². The van der Waals surface area contributed by atoms with E-state index in [0.717, 1.165) is 28.7 Å². The summed E-state index contributed by atoms with van der Waals surface area (Å²) in [5, 5.41) is 9.10. The maximum Gasteiger partial charge on any atom is 0.233 e. The van der Waals surface area contributed by atoms with Crippen molar-refractivity contribution in [3.05, 3.63) is 43.7 Å². The Morgan fingerprint density at radius 2 is 1.40 bits per heavy atom. The average Bonchev–Trinajstić information content (AvgIpc) is 3.07. The van der Waals surface area contributed by atoms with Crippen LogP contribution in [0.4, 0.5) is 0 Å². The second kappa shape index (κ2) is 5.74. The van der Waals surface area contributed by atoms with Gasteiger partial charge in [-0.2, -0.15) is 5.26 Å². The molecule has 0 spiro atoms. The number of hydrogen-bond donors (Lipinski definition) is 0. The molecule has 3 nitrogen and oxygen atoms in total. The SMILES string of the molecule is N#Cc1nc(-c2ccc(Br)s2)cc(-c2ccc(Br)s2)n1. The molecule has 0 radical (unpaired) electrons. The van der Waals surface area contributed by atoms with Crippen molar-refractivity contribution in [1.82, 2.24) is 9.97 Å². The predicted molar refractivity (Wildman–Crippen MR) is 88.8 cm³/mol. The van der Waals surface area contributed by atoms with Crippen LogP contribution in [-0.2, 0) is 0 Å². The van der Waals surface area contributed by atoms with Crippen LogP contribution in [0.25, 0.3) is 21.1 Å². The average molecular weight is 427 g/mol. The fourth-order valence-corrected chi connectivity index (χ4v) is 4.35. The summed E-state index contributed by atoms with van der Waals surface area (Å²) in [6.07, 6.45) is 0. The minimum atomic E-state index is 0.187. The van der Waals surface area contributed by atoms with E-state index in [0.29, 0.717) is 0 Å². The van der Waals surface area contributed by atoms with E-state index >= 15 is 0 Å². The van der Waals surface area contributed by atoms with E-state index in [1.165, 1.54) is 0 Å². The van der Waals surface area contributed by atoms with Crippen LogP contribution >= 0.6 is 54.5 Å². The van der Waals surface area contributed by atoms with E-state index in [9.17, 15) is 0 Å². The highest BCUT2D eigenvalue weighted by molar-refractivity contribution is 9.11. The molecule has 0 unspecified atom stereocenters. The van der Waals surface area contributed by atoms with Crippen LogP contribution in [0.5, 0.6) is 0 Å². The maximum absolute atomic E-state index is 9.10. The molecule has 0 fully saturated rings. The van der Waals surface area contributed by atoms with Gasteiger partial charge in [-0.15, -0.1) is 22.7 Å². The monoisotopic (exact) mass is 425 g/mol. The first kappa shape index (κ1) is 13.9. The number of halogens is 2. The van der Waals surface area contributed by atoms with Crippen LogP contribution in [0.15, 0.2) is 37.9 Å². The Morgan fingerprint density at radius 1 is 0.900 bits per heavy atom. The van der Waals surface area contributed by atoms with Gasteiger partial charge in [-0.1, -0.05) is 0 Å². The van der Waals surface area contributed by atoms with Crippen molar-refractivity contribution in [1.29, 1.82) is 5.26 Å². The molecule has 20 heavy (non-hydrogen) atoms. The first-order valence-corrected chi connectivity index (χ1v) is 8.68. The zero-order chi connectivity index (χ0) is 14.1. The Kier molecular flexibility index (Phi) is 3.98. The topological polar surface area (TPSA) is 49.6 Å². The highest BCUT2D eigenvalue weighted by Gasteiger charge is 2.11. The van der Waals surface area contributed by atoms with Crippen LogP contribution in [0.2, 0.25) is 0 Å². The Bertz CT molecular complexity index is 759. The fourth-order valence-electron chi connectivity index (χ4n) is 1.65. The summed E-state index contributed by atoms with van der Waals surface area (Å²) in [5.41, 5.74) is 1.54. The van der Waals surface area contributed by atoms with E-state index in [1.54, 1.807) is 22.7 Å². The molecule has 0 atom stereocenters. The third-order valence-corrected chi connectivity index (χ3v) is 5.77. The van der Waals surface area contributed by atoms with Gasteiger partial charge in [0.25, 0.3) is 0 Å². The largest absolute Gasteiger partial charge is 0.233 e. The van der Waals surface area contributed by atoms with Crippen LogP contribution in [0.1, 0.15) is 5.82 Å².